The Bertz CT molecular complexity index is 1130. The van der Waals surface area contributed by atoms with Gasteiger partial charge in [0.2, 0.25) is 0 Å². The van der Waals surface area contributed by atoms with Crippen molar-refractivity contribution in [2.75, 3.05) is 17.2 Å². The van der Waals surface area contributed by atoms with Gasteiger partial charge < -0.3 is 15.4 Å². The number of amides is 2. The van der Waals surface area contributed by atoms with E-state index in [9.17, 15) is 24.5 Å². The predicted octanol–water partition coefficient (Wildman–Crippen LogP) is 4.01. The Morgan fingerprint density at radius 2 is 1.81 bits per heavy atom. The Morgan fingerprint density at radius 1 is 1.06 bits per heavy atom. The van der Waals surface area contributed by atoms with Crippen LogP contribution < -0.4 is 10.6 Å². The van der Waals surface area contributed by atoms with Crippen molar-refractivity contribution in [3.8, 4) is 0 Å². The Hall–Kier alpha value is -4.05. The first kappa shape index (κ1) is 21.7. The van der Waals surface area contributed by atoms with E-state index in [4.69, 9.17) is 4.74 Å². The molecule has 0 aliphatic heterocycles. The van der Waals surface area contributed by atoms with Crippen molar-refractivity contribution < 1.29 is 24.0 Å². The van der Waals surface area contributed by atoms with Gasteiger partial charge in [0.25, 0.3) is 17.5 Å². The number of nitro benzene ring substituents is 1. The number of thiophene rings is 1. The first-order valence-electron chi connectivity index (χ1n) is 9.00. The molecule has 3 aromatic rings. The van der Waals surface area contributed by atoms with Crippen LogP contribution in [0.1, 0.15) is 25.6 Å². The smallest absolute Gasteiger partial charge is 0.338 e. The molecule has 0 atom stereocenters. The fourth-order valence-electron chi connectivity index (χ4n) is 2.55. The third kappa shape index (κ3) is 5.73. The molecule has 0 bridgehead atoms. The summed E-state index contributed by atoms with van der Waals surface area (Å²) in [5.41, 5.74) is 1.44. The maximum atomic E-state index is 12.2. The van der Waals surface area contributed by atoms with Gasteiger partial charge in [0.05, 0.1) is 21.1 Å². The number of carbonyl (C=O) groups is 3. The van der Waals surface area contributed by atoms with Gasteiger partial charge in [0.1, 0.15) is 0 Å². The summed E-state index contributed by atoms with van der Waals surface area (Å²) in [6.45, 7) is 1.13. The van der Waals surface area contributed by atoms with E-state index in [-0.39, 0.29) is 22.8 Å². The average molecular weight is 439 g/mol. The van der Waals surface area contributed by atoms with Crippen LogP contribution in [0.5, 0.6) is 0 Å². The third-order valence-corrected chi connectivity index (χ3v) is 5.03. The molecule has 0 saturated heterocycles. The summed E-state index contributed by atoms with van der Waals surface area (Å²) in [6, 6.07) is 13.6. The number of hydrogen-bond acceptors (Lipinski definition) is 7. The SMILES string of the molecule is Cc1ccc([N+](=O)[O-])cc1NC(=O)COC(=O)c1ccc(NC(=O)c2cccs2)cc1. The van der Waals surface area contributed by atoms with Crippen molar-refractivity contribution in [3.05, 3.63) is 86.1 Å². The molecule has 158 valence electrons. The van der Waals surface area contributed by atoms with Crippen LogP contribution in [0.3, 0.4) is 0 Å². The predicted molar refractivity (Wildman–Crippen MR) is 115 cm³/mol. The van der Waals surface area contributed by atoms with E-state index in [0.29, 0.717) is 16.1 Å². The van der Waals surface area contributed by atoms with Gasteiger partial charge in [-0.3, -0.25) is 19.7 Å². The van der Waals surface area contributed by atoms with E-state index in [2.05, 4.69) is 10.6 Å². The molecule has 0 aliphatic carbocycles. The van der Waals surface area contributed by atoms with E-state index >= 15 is 0 Å². The molecule has 0 unspecified atom stereocenters. The number of esters is 1. The second-order valence-electron chi connectivity index (χ2n) is 6.39. The molecule has 3 rings (SSSR count). The number of benzene rings is 2. The molecular formula is C21H17N3O6S. The summed E-state index contributed by atoms with van der Waals surface area (Å²) in [7, 11) is 0. The van der Waals surface area contributed by atoms with Crippen LogP contribution in [-0.2, 0) is 9.53 Å². The van der Waals surface area contributed by atoms with Crippen LogP contribution in [0.25, 0.3) is 0 Å². The number of non-ortho nitro benzene ring substituents is 1. The van der Waals surface area contributed by atoms with Crippen molar-refractivity contribution in [2.24, 2.45) is 0 Å². The van der Waals surface area contributed by atoms with Crippen molar-refractivity contribution >= 4 is 46.2 Å². The molecule has 1 aromatic heterocycles. The number of carbonyl (C=O) groups excluding carboxylic acids is 3. The van der Waals surface area contributed by atoms with Gasteiger partial charge in [-0.1, -0.05) is 12.1 Å². The van der Waals surface area contributed by atoms with Crippen molar-refractivity contribution in [2.45, 2.75) is 6.92 Å². The fourth-order valence-corrected chi connectivity index (χ4v) is 3.17. The Balaban J connectivity index is 1.53. The molecule has 10 heteroatoms. The summed E-state index contributed by atoms with van der Waals surface area (Å²) in [4.78, 5) is 47.1. The van der Waals surface area contributed by atoms with Crippen LogP contribution in [0, 0.1) is 17.0 Å². The van der Waals surface area contributed by atoms with E-state index in [0.717, 1.165) is 0 Å². The standard InChI is InChI=1S/C21H17N3O6S/c1-13-4-9-16(24(28)29)11-17(13)23-19(25)12-30-21(27)14-5-7-15(8-6-14)22-20(26)18-3-2-10-31-18/h2-11H,12H2,1H3,(H,22,26)(H,23,25). The zero-order chi connectivity index (χ0) is 22.4. The van der Waals surface area contributed by atoms with Crippen LogP contribution in [-0.4, -0.2) is 29.3 Å². The van der Waals surface area contributed by atoms with Crippen LogP contribution in [0.2, 0.25) is 0 Å². The Kier molecular flexibility index (Phi) is 6.73. The number of hydrogen-bond donors (Lipinski definition) is 2. The summed E-state index contributed by atoms with van der Waals surface area (Å²) in [6.07, 6.45) is 0. The third-order valence-electron chi connectivity index (χ3n) is 4.16. The maximum absolute atomic E-state index is 12.2. The van der Waals surface area contributed by atoms with Crippen molar-refractivity contribution in [3.63, 3.8) is 0 Å². The largest absolute Gasteiger partial charge is 0.452 e. The average Bonchev–Trinajstić information content (AvgIpc) is 3.29. The monoisotopic (exact) mass is 439 g/mol. The minimum absolute atomic E-state index is 0.163. The molecule has 2 amide bonds. The van der Waals surface area contributed by atoms with Gasteiger partial charge in [0.15, 0.2) is 6.61 Å². The lowest BCUT2D eigenvalue weighted by molar-refractivity contribution is -0.384. The molecule has 0 saturated carbocycles. The lowest BCUT2D eigenvalue weighted by Crippen LogP contribution is -2.21. The van der Waals surface area contributed by atoms with E-state index in [1.54, 1.807) is 36.6 Å². The van der Waals surface area contributed by atoms with Gasteiger partial charge in [-0.05, 0) is 48.2 Å². The highest BCUT2D eigenvalue weighted by Gasteiger charge is 2.14. The highest BCUT2D eigenvalue weighted by Crippen LogP contribution is 2.22. The summed E-state index contributed by atoms with van der Waals surface area (Å²) in [5, 5.41) is 17.9. The van der Waals surface area contributed by atoms with Gasteiger partial charge in [0, 0.05) is 17.8 Å². The summed E-state index contributed by atoms with van der Waals surface area (Å²) in [5.74, 6) is -1.60. The van der Waals surface area contributed by atoms with Gasteiger partial charge >= 0.3 is 5.97 Å². The first-order valence-corrected chi connectivity index (χ1v) is 9.88. The number of ether oxygens (including phenoxy) is 1. The highest BCUT2D eigenvalue weighted by atomic mass is 32.1. The molecule has 0 spiro atoms. The first-order chi connectivity index (χ1) is 14.8. The number of rotatable bonds is 7. The maximum Gasteiger partial charge on any atom is 0.338 e. The number of aryl methyl sites for hydroxylation is 1. The molecule has 2 N–H and O–H groups in total. The van der Waals surface area contributed by atoms with Gasteiger partial charge in [-0.15, -0.1) is 11.3 Å². The highest BCUT2D eigenvalue weighted by molar-refractivity contribution is 7.12. The molecule has 2 aromatic carbocycles. The van der Waals surface area contributed by atoms with E-state index in [1.165, 1.54) is 41.7 Å². The van der Waals surface area contributed by atoms with Crippen molar-refractivity contribution in [1.29, 1.82) is 0 Å². The number of nitrogens with one attached hydrogen (secondary N) is 2. The molecule has 1 heterocycles. The lowest BCUT2D eigenvalue weighted by Gasteiger charge is -2.09. The van der Waals surface area contributed by atoms with E-state index < -0.39 is 23.4 Å². The lowest BCUT2D eigenvalue weighted by atomic mass is 10.2. The number of nitrogens with zero attached hydrogens (tertiary/aromatic N) is 1. The summed E-state index contributed by atoms with van der Waals surface area (Å²) < 4.78 is 4.99. The minimum Gasteiger partial charge on any atom is -0.452 e. The molecular weight excluding hydrogens is 422 g/mol. The fraction of sp³-hybridized carbons (Fsp3) is 0.0952. The second-order valence-corrected chi connectivity index (χ2v) is 7.34. The molecule has 31 heavy (non-hydrogen) atoms. The van der Waals surface area contributed by atoms with Crippen LogP contribution in [0.15, 0.2) is 60.0 Å². The van der Waals surface area contributed by atoms with Crippen molar-refractivity contribution in [1.82, 2.24) is 0 Å². The molecule has 0 aliphatic rings. The van der Waals surface area contributed by atoms with Crippen LogP contribution in [0.4, 0.5) is 17.1 Å². The normalized spacial score (nSPS) is 10.2. The number of nitro groups is 1. The zero-order valence-electron chi connectivity index (χ0n) is 16.3. The number of anilines is 2. The Morgan fingerprint density at radius 3 is 2.45 bits per heavy atom. The Labute approximate surface area is 180 Å². The second kappa shape index (κ2) is 9.63. The zero-order valence-corrected chi connectivity index (χ0v) is 17.1. The van der Waals surface area contributed by atoms with E-state index in [1.807, 2.05) is 0 Å². The van der Waals surface area contributed by atoms with Gasteiger partial charge in [-0.2, -0.15) is 0 Å². The van der Waals surface area contributed by atoms with Gasteiger partial charge in [-0.25, -0.2) is 4.79 Å². The molecule has 0 radical (unpaired) electrons. The summed E-state index contributed by atoms with van der Waals surface area (Å²) >= 11 is 1.31. The molecule has 0 fully saturated rings. The molecule has 9 nitrogen and oxygen atoms in total. The minimum atomic E-state index is -0.720. The topological polar surface area (TPSA) is 128 Å². The van der Waals surface area contributed by atoms with Crippen LogP contribution >= 0.6 is 11.3 Å². The quantitative estimate of drug-likeness (QED) is 0.325.